The molecule has 1 heterocycles. The minimum absolute atomic E-state index is 0.498. The molecule has 1 N–H and O–H groups in total. The fraction of sp³-hybridized carbons (Fsp3) is 0.500. The summed E-state index contributed by atoms with van der Waals surface area (Å²) in [5.74, 6) is 0. The Morgan fingerprint density at radius 1 is 1.12 bits per heavy atom. The van der Waals surface area contributed by atoms with Crippen molar-refractivity contribution in [1.82, 2.24) is 5.32 Å². The molecular weight excluding hydrogens is 243 g/mol. The van der Waals surface area contributed by atoms with Gasteiger partial charge in [-0.05, 0) is 32.0 Å². The van der Waals surface area contributed by atoms with Crippen molar-refractivity contribution < 1.29 is 0 Å². The summed E-state index contributed by atoms with van der Waals surface area (Å²) in [5, 5.41) is 4.74. The van der Waals surface area contributed by atoms with Crippen LogP contribution in [0.25, 0.3) is 0 Å². The lowest BCUT2D eigenvalue weighted by Crippen LogP contribution is -2.54. The van der Waals surface area contributed by atoms with Crippen molar-refractivity contribution >= 4 is 28.9 Å². The van der Waals surface area contributed by atoms with E-state index in [2.05, 4.69) is 24.1 Å². The summed E-state index contributed by atoms with van der Waals surface area (Å²) in [7, 11) is 0. The lowest BCUT2D eigenvalue weighted by atomic mass is 10.1. The maximum absolute atomic E-state index is 6.03. The molecule has 4 heteroatoms. The summed E-state index contributed by atoms with van der Waals surface area (Å²) >= 11 is 11.9. The topological polar surface area (TPSA) is 15.3 Å². The van der Waals surface area contributed by atoms with Gasteiger partial charge in [-0.3, -0.25) is 0 Å². The van der Waals surface area contributed by atoms with Crippen molar-refractivity contribution in [2.24, 2.45) is 0 Å². The monoisotopic (exact) mass is 258 g/mol. The van der Waals surface area contributed by atoms with Gasteiger partial charge in [-0.1, -0.05) is 23.2 Å². The predicted molar refractivity (Wildman–Crippen MR) is 70.7 cm³/mol. The number of nitrogens with one attached hydrogen (secondary N) is 1. The van der Waals surface area contributed by atoms with Gasteiger partial charge in [0.05, 0.1) is 10.0 Å². The van der Waals surface area contributed by atoms with Gasteiger partial charge in [0.25, 0.3) is 0 Å². The van der Waals surface area contributed by atoms with E-state index in [1.807, 2.05) is 18.2 Å². The van der Waals surface area contributed by atoms with Crippen LogP contribution >= 0.6 is 23.2 Å². The van der Waals surface area contributed by atoms with E-state index in [0.29, 0.717) is 22.1 Å². The molecule has 1 aromatic rings. The quantitative estimate of drug-likeness (QED) is 0.833. The number of nitrogens with zero attached hydrogens (tertiary/aromatic N) is 1. The van der Waals surface area contributed by atoms with Gasteiger partial charge in [-0.25, -0.2) is 0 Å². The van der Waals surface area contributed by atoms with Gasteiger partial charge < -0.3 is 10.2 Å². The predicted octanol–water partition coefficient (Wildman–Crippen LogP) is 3.18. The van der Waals surface area contributed by atoms with Crippen molar-refractivity contribution in [2.75, 3.05) is 18.0 Å². The number of benzene rings is 1. The maximum Gasteiger partial charge on any atom is 0.0612 e. The van der Waals surface area contributed by atoms with Crippen LogP contribution in [-0.2, 0) is 0 Å². The van der Waals surface area contributed by atoms with Crippen molar-refractivity contribution in [3.05, 3.63) is 28.2 Å². The smallest absolute Gasteiger partial charge is 0.0612 e. The first-order valence-corrected chi connectivity index (χ1v) is 6.28. The Bertz CT molecular complexity index is 371. The summed E-state index contributed by atoms with van der Waals surface area (Å²) < 4.78 is 0. The first-order chi connectivity index (χ1) is 7.56. The average molecular weight is 259 g/mol. The Morgan fingerprint density at radius 2 is 1.75 bits per heavy atom. The largest absolute Gasteiger partial charge is 0.368 e. The molecule has 0 unspecified atom stereocenters. The second-order valence-electron chi connectivity index (χ2n) is 4.47. The van der Waals surface area contributed by atoms with Crippen molar-refractivity contribution in [3.8, 4) is 0 Å². The lowest BCUT2D eigenvalue weighted by Gasteiger charge is -2.37. The van der Waals surface area contributed by atoms with Crippen LogP contribution in [0.1, 0.15) is 13.8 Å². The standard InChI is InChI=1S/C12H16Cl2N2/c1-8-6-16(7-9(2)15-8)10-3-4-11(13)12(14)5-10/h3-5,8-9,15H,6-7H2,1-2H3/t8-,9+. The van der Waals surface area contributed by atoms with Crippen molar-refractivity contribution in [2.45, 2.75) is 25.9 Å². The van der Waals surface area contributed by atoms with Crippen LogP contribution in [0.4, 0.5) is 5.69 Å². The highest BCUT2D eigenvalue weighted by Crippen LogP contribution is 2.28. The first-order valence-electron chi connectivity index (χ1n) is 5.52. The second kappa shape index (κ2) is 4.82. The summed E-state index contributed by atoms with van der Waals surface area (Å²) in [6.45, 7) is 6.39. The zero-order valence-electron chi connectivity index (χ0n) is 9.50. The van der Waals surface area contributed by atoms with Crippen LogP contribution in [0.5, 0.6) is 0 Å². The first kappa shape index (κ1) is 12.0. The maximum atomic E-state index is 6.03. The highest BCUT2D eigenvalue weighted by atomic mass is 35.5. The fourth-order valence-electron chi connectivity index (χ4n) is 2.22. The molecule has 0 aromatic heterocycles. The second-order valence-corrected chi connectivity index (χ2v) is 5.29. The van der Waals surface area contributed by atoms with Gasteiger partial charge in [-0.2, -0.15) is 0 Å². The van der Waals surface area contributed by atoms with E-state index in [9.17, 15) is 0 Å². The number of rotatable bonds is 1. The molecule has 0 radical (unpaired) electrons. The molecular formula is C12H16Cl2N2. The Hall–Kier alpha value is -0.440. The minimum atomic E-state index is 0.498. The Morgan fingerprint density at radius 3 is 2.31 bits per heavy atom. The van der Waals surface area contributed by atoms with E-state index < -0.39 is 0 Å². The van der Waals surface area contributed by atoms with Crippen LogP contribution in [0.3, 0.4) is 0 Å². The van der Waals surface area contributed by atoms with E-state index in [1.165, 1.54) is 0 Å². The normalized spacial score (nSPS) is 25.9. The van der Waals surface area contributed by atoms with Crippen LogP contribution in [0.15, 0.2) is 18.2 Å². The highest BCUT2D eigenvalue weighted by Gasteiger charge is 2.21. The third-order valence-electron chi connectivity index (χ3n) is 2.83. The third kappa shape index (κ3) is 2.62. The molecule has 2 nitrogen and oxygen atoms in total. The fourth-order valence-corrected chi connectivity index (χ4v) is 2.51. The van der Waals surface area contributed by atoms with E-state index >= 15 is 0 Å². The summed E-state index contributed by atoms with van der Waals surface area (Å²) in [4.78, 5) is 2.34. The SMILES string of the molecule is C[C@@H]1CN(c2ccc(Cl)c(Cl)c2)C[C@H](C)N1. The molecule has 16 heavy (non-hydrogen) atoms. The Balaban J connectivity index is 2.19. The van der Waals surface area contributed by atoms with Crippen LogP contribution in [-0.4, -0.2) is 25.2 Å². The van der Waals surface area contributed by atoms with Gasteiger partial charge in [0.2, 0.25) is 0 Å². The Labute approximate surface area is 107 Å². The Kier molecular flexibility index (Phi) is 3.63. The minimum Gasteiger partial charge on any atom is -0.368 e. The molecule has 0 spiro atoms. The molecule has 2 rings (SSSR count). The summed E-state index contributed by atoms with van der Waals surface area (Å²) in [6, 6.07) is 6.82. The van der Waals surface area contributed by atoms with E-state index in [4.69, 9.17) is 23.2 Å². The molecule has 88 valence electrons. The van der Waals surface area contributed by atoms with Crippen LogP contribution < -0.4 is 10.2 Å². The third-order valence-corrected chi connectivity index (χ3v) is 3.56. The molecule has 1 aromatic carbocycles. The van der Waals surface area contributed by atoms with Crippen LogP contribution in [0.2, 0.25) is 10.0 Å². The molecule has 0 bridgehead atoms. The van der Waals surface area contributed by atoms with Gasteiger partial charge in [0.15, 0.2) is 0 Å². The number of piperazine rings is 1. The number of anilines is 1. The summed E-state index contributed by atoms with van der Waals surface area (Å²) in [5.41, 5.74) is 1.15. The molecule has 1 aliphatic rings. The number of hydrogen-bond donors (Lipinski definition) is 1. The molecule has 1 saturated heterocycles. The van der Waals surface area contributed by atoms with Gasteiger partial charge in [-0.15, -0.1) is 0 Å². The van der Waals surface area contributed by atoms with E-state index in [-0.39, 0.29) is 0 Å². The molecule has 0 amide bonds. The highest BCUT2D eigenvalue weighted by molar-refractivity contribution is 6.42. The molecule has 1 aliphatic heterocycles. The summed E-state index contributed by atoms with van der Waals surface area (Å²) in [6.07, 6.45) is 0. The van der Waals surface area contributed by atoms with Gasteiger partial charge in [0.1, 0.15) is 0 Å². The zero-order valence-corrected chi connectivity index (χ0v) is 11.0. The molecule has 0 aliphatic carbocycles. The average Bonchev–Trinajstić information content (AvgIpc) is 2.20. The van der Waals surface area contributed by atoms with Crippen LogP contribution in [0, 0.1) is 0 Å². The number of hydrogen-bond acceptors (Lipinski definition) is 2. The van der Waals surface area contributed by atoms with E-state index in [1.54, 1.807) is 0 Å². The molecule has 0 saturated carbocycles. The lowest BCUT2D eigenvalue weighted by molar-refractivity contribution is 0.407. The van der Waals surface area contributed by atoms with Crippen molar-refractivity contribution in [3.63, 3.8) is 0 Å². The number of halogens is 2. The molecule has 2 atom stereocenters. The zero-order chi connectivity index (χ0) is 11.7. The van der Waals surface area contributed by atoms with Gasteiger partial charge in [0, 0.05) is 30.9 Å². The van der Waals surface area contributed by atoms with Gasteiger partial charge >= 0.3 is 0 Å². The van der Waals surface area contributed by atoms with Crippen molar-refractivity contribution in [1.29, 1.82) is 0 Å². The van der Waals surface area contributed by atoms with E-state index in [0.717, 1.165) is 18.8 Å². The molecule has 1 fully saturated rings.